The molecule has 0 saturated heterocycles. The van der Waals surface area contributed by atoms with Crippen LogP contribution in [0.4, 0.5) is 5.82 Å². The van der Waals surface area contributed by atoms with E-state index in [0.29, 0.717) is 18.8 Å². The molecule has 0 unspecified atom stereocenters. The van der Waals surface area contributed by atoms with Gasteiger partial charge in [0.2, 0.25) is 0 Å². The van der Waals surface area contributed by atoms with Gasteiger partial charge in [-0.05, 0) is 80.5 Å². The molecule has 0 amide bonds. The number of aromatic nitrogens is 1. The van der Waals surface area contributed by atoms with Gasteiger partial charge >= 0.3 is 0 Å². The molecule has 5 nitrogen and oxygen atoms in total. The van der Waals surface area contributed by atoms with Gasteiger partial charge in [-0.3, -0.25) is 0 Å². The van der Waals surface area contributed by atoms with Gasteiger partial charge in [-0.2, -0.15) is 0 Å². The molecule has 3 aromatic rings. The first-order valence-electron chi connectivity index (χ1n) is 10.2. The van der Waals surface area contributed by atoms with Crippen LogP contribution in [0.15, 0.2) is 53.4 Å². The van der Waals surface area contributed by atoms with Gasteiger partial charge < -0.3 is 4.74 Å². The molecule has 29 heavy (non-hydrogen) atoms. The lowest BCUT2D eigenvalue weighted by molar-refractivity contribution is 0.210. The summed E-state index contributed by atoms with van der Waals surface area (Å²) in [6, 6.07) is 14.9. The van der Waals surface area contributed by atoms with Crippen LogP contribution in [0.5, 0.6) is 5.75 Å². The molecule has 2 heterocycles. The number of ether oxygens (including phenoxy) is 1. The largest absolute Gasteiger partial charge is 0.490 e. The van der Waals surface area contributed by atoms with Crippen LogP contribution in [0, 0.1) is 6.92 Å². The standard InChI is InChI=1S/C23H24N2O3S/c1-16-5-4-6-17-15-18-13-14-25(23(18)24-22(16)17)29(26,27)21-11-9-20(10-12-21)28-19-7-2-3-8-19/h4-6,9-12,15,19H,2-3,7-8,13-14H2,1H3. The summed E-state index contributed by atoms with van der Waals surface area (Å²) in [5.41, 5.74) is 2.88. The highest BCUT2D eigenvalue weighted by Gasteiger charge is 2.32. The smallest absolute Gasteiger partial charge is 0.265 e. The molecular formula is C23H24N2O3S. The van der Waals surface area contributed by atoms with Crippen molar-refractivity contribution >= 4 is 26.7 Å². The maximum absolute atomic E-state index is 13.3. The number of hydrogen-bond acceptors (Lipinski definition) is 4. The van der Waals surface area contributed by atoms with E-state index < -0.39 is 10.0 Å². The number of aryl methyl sites for hydroxylation is 1. The van der Waals surface area contributed by atoms with Gasteiger partial charge in [-0.25, -0.2) is 17.7 Å². The monoisotopic (exact) mass is 408 g/mol. The van der Waals surface area contributed by atoms with Crippen molar-refractivity contribution in [1.29, 1.82) is 0 Å². The highest BCUT2D eigenvalue weighted by atomic mass is 32.2. The van der Waals surface area contributed by atoms with Gasteiger partial charge in [0.1, 0.15) is 11.6 Å². The van der Waals surface area contributed by atoms with Crippen LogP contribution in [0.25, 0.3) is 10.9 Å². The number of hydrogen-bond donors (Lipinski definition) is 0. The highest BCUT2D eigenvalue weighted by molar-refractivity contribution is 7.92. The van der Waals surface area contributed by atoms with Crippen molar-refractivity contribution in [2.24, 2.45) is 0 Å². The summed E-state index contributed by atoms with van der Waals surface area (Å²) in [4.78, 5) is 5.01. The lowest BCUT2D eigenvalue weighted by Gasteiger charge is -2.19. The van der Waals surface area contributed by atoms with E-state index in [1.807, 2.05) is 25.1 Å². The van der Waals surface area contributed by atoms with E-state index >= 15 is 0 Å². The third-order valence-corrected chi connectivity index (χ3v) is 7.74. The van der Waals surface area contributed by atoms with Crippen LogP contribution in [0.2, 0.25) is 0 Å². The quantitative estimate of drug-likeness (QED) is 0.632. The summed E-state index contributed by atoms with van der Waals surface area (Å²) < 4.78 is 34.0. The van der Waals surface area contributed by atoms with E-state index in [4.69, 9.17) is 9.72 Å². The van der Waals surface area contributed by atoms with E-state index in [1.54, 1.807) is 24.3 Å². The lowest BCUT2D eigenvalue weighted by Crippen LogP contribution is -2.29. The number of rotatable bonds is 4. The Morgan fingerprint density at radius 3 is 2.59 bits per heavy atom. The molecule has 0 spiro atoms. The molecule has 1 fully saturated rings. The second-order valence-electron chi connectivity index (χ2n) is 7.94. The molecule has 1 saturated carbocycles. The van der Waals surface area contributed by atoms with Gasteiger partial charge in [0.15, 0.2) is 0 Å². The van der Waals surface area contributed by atoms with Gasteiger partial charge in [0.05, 0.1) is 16.5 Å². The Bertz CT molecular complexity index is 1170. The Hall–Kier alpha value is -2.60. The average molecular weight is 409 g/mol. The zero-order valence-electron chi connectivity index (χ0n) is 16.5. The first-order valence-corrected chi connectivity index (χ1v) is 11.6. The van der Waals surface area contributed by atoms with Gasteiger partial charge in [0.25, 0.3) is 10.0 Å². The number of anilines is 1. The van der Waals surface area contributed by atoms with Crippen molar-refractivity contribution in [3.63, 3.8) is 0 Å². The molecule has 5 rings (SSSR count). The molecule has 0 atom stereocenters. The Kier molecular flexibility index (Phi) is 4.46. The molecule has 150 valence electrons. The minimum absolute atomic E-state index is 0.253. The molecule has 1 aliphatic carbocycles. The van der Waals surface area contributed by atoms with Crippen LogP contribution in [-0.2, 0) is 16.4 Å². The van der Waals surface area contributed by atoms with Crippen molar-refractivity contribution in [2.75, 3.05) is 10.8 Å². The Morgan fingerprint density at radius 2 is 1.83 bits per heavy atom. The van der Waals surface area contributed by atoms with Crippen LogP contribution in [-0.4, -0.2) is 26.1 Å². The number of para-hydroxylation sites is 1. The molecular weight excluding hydrogens is 384 g/mol. The molecule has 0 N–H and O–H groups in total. The van der Waals surface area contributed by atoms with Gasteiger partial charge in [-0.15, -0.1) is 0 Å². The van der Waals surface area contributed by atoms with Gasteiger partial charge in [-0.1, -0.05) is 18.2 Å². The average Bonchev–Trinajstić information content (AvgIpc) is 3.37. The van der Waals surface area contributed by atoms with Crippen LogP contribution < -0.4 is 9.04 Å². The zero-order chi connectivity index (χ0) is 20.0. The predicted octanol–water partition coefficient (Wildman–Crippen LogP) is 4.62. The minimum atomic E-state index is -3.66. The Balaban J connectivity index is 1.46. The predicted molar refractivity (Wildman–Crippen MR) is 114 cm³/mol. The summed E-state index contributed by atoms with van der Waals surface area (Å²) in [6.07, 6.45) is 5.48. The summed E-state index contributed by atoms with van der Waals surface area (Å²) in [5.74, 6) is 1.29. The third kappa shape index (κ3) is 3.25. The topological polar surface area (TPSA) is 59.5 Å². The summed E-state index contributed by atoms with van der Waals surface area (Å²) in [7, 11) is -3.66. The summed E-state index contributed by atoms with van der Waals surface area (Å²) in [6.45, 7) is 2.42. The first-order chi connectivity index (χ1) is 14.0. The first kappa shape index (κ1) is 18.4. The number of nitrogens with zero attached hydrogens (tertiary/aromatic N) is 2. The second-order valence-corrected chi connectivity index (χ2v) is 9.80. The molecule has 2 aromatic carbocycles. The number of fused-ring (bicyclic) bond motifs is 2. The minimum Gasteiger partial charge on any atom is -0.490 e. The fourth-order valence-corrected chi connectivity index (χ4v) is 5.81. The normalized spacial score (nSPS) is 17.1. The second kappa shape index (κ2) is 7.02. The lowest BCUT2D eigenvalue weighted by atomic mass is 10.1. The fraction of sp³-hybridized carbons (Fsp3) is 0.348. The molecule has 1 aromatic heterocycles. The van der Waals surface area contributed by atoms with Crippen molar-refractivity contribution in [3.05, 3.63) is 59.7 Å². The van der Waals surface area contributed by atoms with E-state index in [1.165, 1.54) is 17.1 Å². The molecule has 0 bridgehead atoms. The Morgan fingerprint density at radius 1 is 1.07 bits per heavy atom. The van der Waals surface area contributed by atoms with Crippen molar-refractivity contribution in [1.82, 2.24) is 4.98 Å². The van der Waals surface area contributed by atoms with Crippen LogP contribution in [0.3, 0.4) is 0 Å². The SMILES string of the molecule is Cc1cccc2cc3c(nc12)N(S(=O)(=O)c1ccc(OC2CCCC2)cc1)CC3. The maximum Gasteiger partial charge on any atom is 0.265 e. The highest BCUT2D eigenvalue weighted by Crippen LogP contribution is 2.35. The van der Waals surface area contributed by atoms with Crippen molar-refractivity contribution in [3.8, 4) is 5.75 Å². The number of benzene rings is 2. The number of pyridine rings is 1. The van der Waals surface area contributed by atoms with Crippen LogP contribution in [0.1, 0.15) is 36.8 Å². The number of sulfonamides is 1. The van der Waals surface area contributed by atoms with Crippen molar-refractivity contribution < 1.29 is 13.2 Å². The van der Waals surface area contributed by atoms with Crippen molar-refractivity contribution in [2.45, 2.75) is 50.0 Å². The Labute approximate surface area is 171 Å². The molecule has 2 aliphatic rings. The van der Waals surface area contributed by atoms with E-state index in [-0.39, 0.29) is 11.0 Å². The molecule has 6 heteroatoms. The summed E-state index contributed by atoms with van der Waals surface area (Å²) >= 11 is 0. The van der Waals surface area contributed by atoms with E-state index in [0.717, 1.165) is 40.6 Å². The van der Waals surface area contributed by atoms with E-state index in [2.05, 4.69) is 6.07 Å². The molecule has 1 aliphatic heterocycles. The van der Waals surface area contributed by atoms with E-state index in [9.17, 15) is 8.42 Å². The maximum atomic E-state index is 13.3. The summed E-state index contributed by atoms with van der Waals surface area (Å²) in [5, 5.41) is 1.05. The van der Waals surface area contributed by atoms with Gasteiger partial charge in [0, 0.05) is 11.9 Å². The fourth-order valence-electron chi connectivity index (χ4n) is 4.36. The zero-order valence-corrected chi connectivity index (χ0v) is 17.3. The third-order valence-electron chi connectivity index (χ3n) is 5.94. The van der Waals surface area contributed by atoms with Crippen LogP contribution >= 0.6 is 0 Å². The molecule has 0 radical (unpaired) electrons.